The van der Waals surface area contributed by atoms with Gasteiger partial charge in [0.2, 0.25) is 0 Å². The first kappa shape index (κ1) is 11.3. The van der Waals surface area contributed by atoms with Crippen molar-refractivity contribution in [2.45, 2.75) is 12.8 Å². The van der Waals surface area contributed by atoms with Crippen molar-refractivity contribution in [2.24, 2.45) is 5.92 Å². The van der Waals surface area contributed by atoms with E-state index in [1.54, 1.807) is 0 Å². The molecule has 2 heterocycles. The number of hydrogen-bond donors (Lipinski definition) is 1. The number of aromatic nitrogens is 1. The van der Waals surface area contributed by atoms with Gasteiger partial charge in [0, 0.05) is 18.9 Å². The van der Waals surface area contributed by atoms with Gasteiger partial charge in [0.15, 0.2) is 0 Å². The lowest BCUT2D eigenvalue weighted by Gasteiger charge is -2.22. The van der Waals surface area contributed by atoms with Crippen LogP contribution in [0.1, 0.15) is 12.8 Å². The van der Waals surface area contributed by atoms with Crippen LogP contribution in [0.25, 0.3) is 0 Å². The molecule has 0 spiro atoms. The standard InChI is InChI=1S/C11H15BrN2S/c12-10-8-13-4-1-11(10)14-7-9-2-5-15-6-3-9/h1,4,8-9H,2-3,5-7H2,(H,13,14). The number of nitrogens with one attached hydrogen (secondary N) is 1. The highest BCUT2D eigenvalue weighted by atomic mass is 79.9. The van der Waals surface area contributed by atoms with E-state index in [1.165, 1.54) is 24.3 Å². The predicted octanol–water partition coefficient (Wildman–Crippen LogP) is 3.40. The van der Waals surface area contributed by atoms with E-state index in [2.05, 4.69) is 38.0 Å². The largest absolute Gasteiger partial charge is 0.384 e. The molecule has 82 valence electrons. The van der Waals surface area contributed by atoms with Gasteiger partial charge in [-0.2, -0.15) is 11.8 Å². The molecule has 0 atom stereocenters. The van der Waals surface area contributed by atoms with Crippen molar-refractivity contribution in [1.29, 1.82) is 0 Å². The molecule has 4 heteroatoms. The first-order chi connectivity index (χ1) is 7.36. The van der Waals surface area contributed by atoms with Gasteiger partial charge in [0.25, 0.3) is 0 Å². The third-order valence-corrected chi connectivity index (χ3v) is 4.38. The number of pyridine rings is 1. The Morgan fingerprint density at radius 1 is 1.47 bits per heavy atom. The van der Waals surface area contributed by atoms with Crippen LogP contribution in [0, 0.1) is 5.92 Å². The summed E-state index contributed by atoms with van der Waals surface area (Å²) in [4.78, 5) is 4.05. The van der Waals surface area contributed by atoms with E-state index in [0.29, 0.717) is 0 Å². The molecule has 2 rings (SSSR count). The molecule has 0 unspecified atom stereocenters. The molecule has 0 aliphatic carbocycles. The zero-order valence-electron chi connectivity index (χ0n) is 8.58. The summed E-state index contributed by atoms with van der Waals surface area (Å²) in [5.41, 5.74) is 1.16. The van der Waals surface area contributed by atoms with Gasteiger partial charge < -0.3 is 5.32 Å². The zero-order chi connectivity index (χ0) is 10.5. The number of anilines is 1. The highest BCUT2D eigenvalue weighted by molar-refractivity contribution is 9.10. The summed E-state index contributed by atoms with van der Waals surface area (Å²) >= 11 is 5.57. The number of thioether (sulfide) groups is 1. The first-order valence-corrected chi connectivity index (χ1v) is 7.22. The van der Waals surface area contributed by atoms with Gasteiger partial charge in [-0.25, -0.2) is 0 Å². The Morgan fingerprint density at radius 2 is 2.27 bits per heavy atom. The third-order valence-electron chi connectivity index (χ3n) is 2.69. The van der Waals surface area contributed by atoms with E-state index in [9.17, 15) is 0 Å². The van der Waals surface area contributed by atoms with Gasteiger partial charge in [-0.1, -0.05) is 0 Å². The second-order valence-corrected chi connectivity index (χ2v) is 5.87. The van der Waals surface area contributed by atoms with E-state index in [1.807, 2.05) is 18.5 Å². The van der Waals surface area contributed by atoms with Crippen LogP contribution in [-0.4, -0.2) is 23.0 Å². The lowest BCUT2D eigenvalue weighted by atomic mass is 10.0. The van der Waals surface area contributed by atoms with Crippen LogP contribution in [0.4, 0.5) is 5.69 Å². The third kappa shape index (κ3) is 3.38. The fourth-order valence-electron chi connectivity index (χ4n) is 1.72. The summed E-state index contributed by atoms with van der Waals surface area (Å²) in [7, 11) is 0. The van der Waals surface area contributed by atoms with Crippen LogP contribution in [-0.2, 0) is 0 Å². The molecule has 0 amide bonds. The van der Waals surface area contributed by atoms with Crippen molar-refractivity contribution < 1.29 is 0 Å². The van der Waals surface area contributed by atoms with Gasteiger partial charge in [0.05, 0.1) is 10.2 Å². The molecule has 1 aromatic rings. The normalized spacial score (nSPS) is 17.7. The molecular weight excluding hydrogens is 272 g/mol. The number of hydrogen-bond acceptors (Lipinski definition) is 3. The van der Waals surface area contributed by atoms with Gasteiger partial charge in [-0.05, 0) is 52.3 Å². The van der Waals surface area contributed by atoms with E-state index in [-0.39, 0.29) is 0 Å². The molecule has 0 radical (unpaired) electrons. The number of rotatable bonds is 3. The Labute approximate surface area is 103 Å². The highest BCUT2D eigenvalue weighted by Crippen LogP contribution is 2.25. The van der Waals surface area contributed by atoms with Crippen LogP contribution in [0.5, 0.6) is 0 Å². The van der Waals surface area contributed by atoms with Crippen molar-refractivity contribution >= 4 is 33.4 Å². The summed E-state index contributed by atoms with van der Waals surface area (Å²) in [6.07, 6.45) is 6.35. The molecule has 1 saturated heterocycles. The highest BCUT2D eigenvalue weighted by Gasteiger charge is 2.13. The second kappa shape index (κ2) is 5.75. The summed E-state index contributed by atoms with van der Waals surface area (Å²) in [6, 6.07) is 2.02. The zero-order valence-corrected chi connectivity index (χ0v) is 11.0. The molecule has 1 N–H and O–H groups in total. The Hall–Kier alpha value is -0.220. The first-order valence-electron chi connectivity index (χ1n) is 5.27. The second-order valence-electron chi connectivity index (χ2n) is 3.79. The van der Waals surface area contributed by atoms with Crippen molar-refractivity contribution in [3.8, 4) is 0 Å². The lowest BCUT2D eigenvalue weighted by Crippen LogP contribution is -2.19. The molecule has 0 aromatic carbocycles. The van der Waals surface area contributed by atoms with Gasteiger partial charge in [0.1, 0.15) is 0 Å². The quantitative estimate of drug-likeness (QED) is 0.922. The molecule has 0 saturated carbocycles. The van der Waals surface area contributed by atoms with Crippen LogP contribution >= 0.6 is 27.7 Å². The molecule has 1 aliphatic heterocycles. The summed E-state index contributed by atoms with van der Waals surface area (Å²) in [5, 5.41) is 3.49. The van der Waals surface area contributed by atoms with Gasteiger partial charge in [-0.3, -0.25) is 4.98 Å². The van der Waals surface area contributed by atoms with Gasteiger partial charge >= 0.3 is 0 Å². The minimum absolute atomic E-state index is 0.839. The minimum Gasteiger partial charge on any atom is -0.384 e. The molecule has 2 nitrogen and oxygen atoms in total. The van der Waals surface area contributed by atoms with E-state index in [4.69, 9.17) is 0 Å². The maximum atomic E-state index is 4.05. The van der Waals surface area contributed by atoms with E-state index >= 15 is 0 Å². The van der Waals surface area contributed by atoms with Crippen molar-refractivity contribution in [3.63, 3.8) is 0 Å². The van der Waals surface area contributed by atoms with Crippen LogP contribution in [0.3, 0.4) is 0 Å². The van der Waals surface area contributed by atoms with E-state index < -0.39 is 0 Å². The molecular formula is C11H15BrN2S. The Bertz CT molecular complexity index is 313. The van der Waals surface area contributed by atoms with Crippen LogP contribution in [0.15, 0.2) is 22.9 Å². The Kier molecular flexibility index (Phi) is 4.32. The molecule has 0 bridgehead atoms. The number of nitrogens with zero attached hydrogens (tertiary/aromatic N) is 1. The SMILES string of the molecule is Brc1cnccc1NCC1CCSCC1. The maximum absolute atomic E-state index is 4.05. The topological polar surface area (TPSA) is 24.9 Å². The monoisotopic (exact) mass is 286 g/mol. The molecule has 1 aromatic heterocycles. The average molecular weight is 287 g/mol. The molecule has 1 fully saturated rings. The molecule has 1 aliphatic rings. The van der Waals surface area contributed by atoms with E-state index in [0.717, 1.165) is 22.6 Å². The van der Waals surface area contributed by atoms with Crippen molar-refractivity contribution in [3.05, 3.63) is 22.9 Å². The van der Waals surface area contributed by atoms with Crippen molar-refractivity contribution in [2.75, 3.05) is 23.4 Å². The maximum Gasteiger partial charge on any atom is 0.0590 e. The Balaban J connectivity index is 1.84. The average Bonchev–Trinajstić information content (AvgIpc) is 2.29. The van der Waals surface area contributed by atoms with Crippen molar-refractivity contribution in [1.82, 2.24) is 4.98 Å². The summed E-state index contributed by atoms with van der Waals surface area (Å²) in [5.74, 6) is 3.49. The minimum atomic E-state index is 0.839. The number of halogens is 1. The van der Waals surface area contributed by atoms with Gasteiger partial charge in [-0.15, -0.1) is 0 Å². The summed E-state index contributed by atoms with van der Waals surface area (Å²) < 4.78 is 1.05. The smallest absolute Gasteiger partial charge is 0.0590 e. The lowest BCUT2D eigenvalue weighted by molar-refractivity contribution is 0.516. The van der Waals surface area contributed by atoms with Crippen LogP contribution in [0.2, 0.25) is 0 Å². The fourth-order valence-corrected chi connectivity index (χ4v) is 3.32. The predicted molar refractivity (Wildman–Crippen MR) is 70.5 cm³/mol. The van der Waals surface area contributed by atoms with Crippen LogP contribution < -0.4 is 5.32 Å². The Morgan fingerprint density at radius 3 is 3.00 bits per heavy atom. The summed E-state index contributed by atoms with van der Waals surface area (Å²) in [6.45, 7) is 1.09. The fraction of sp³-hybridized carbons (Fsp3) is 0.545. The molecule has 15 heavy (non-hydrogen) atoms.